The van der Waals surface area contributed by atoms with Crippen molar-refractivity contribution in [2.24, 2.45) is 14.1 Å². The first-order chi connectivity index (χ1) is 15.8. The molecule has 170 valence electrons. The third-order valence-electron chi connectivity index (χ3n) is 5.78. The van der Waals surface area contributed by atoms with Gasteiger partial charge in [-0.25, -0.2) is 23.7 Å². The van der Waals surface area contributed by atoms with E-state index < -0.39 is 11.6 Å². The fourth-order valence-electron chi connectivity index (χ4n) is 3.87. The van der Waals surface area contributed by atoms with Crippen LogP contribution in [0, 0.1) is 18.6 Å². The average Bonchev–Trinajstić information content (AvgIpc) is 3.25. The highest BCUT2D eigenvalue weighted by molar-refractivity contribution is 5.89. The van der Waals surface area contributed by atoms with E-state index in [-0.39, 0.29) is 28.4 Å². The standard InChI is InChI=1S/C22H21F2N7O2/c1-12-26-19-18(13-4-5-15(23)16(24)8-13)27-22(28-20(19)21(32)30(12)3)31-6-7-33-17(11-31)14-9-25-29(2)10-14/h4-5,8-10,17H,6-7,11H2,1-3H3. The average molecular weight is 453 g/mol. The Kier molecular flexibility index (Phi) is 5.12. The van der Waals surface area contributed by atoms with Crippen LogP contribution in [0.25, 0.3) is 22.3 Å². The molecule has 1 aliphatic heterocycles. The van der Waals surface area contributed by atoms with Crippen LogP contribution in [0.4, 0.5) is 14.7 Å². The van der Waals surface area contributed by atoms with Gasteiger partial charge in [-0.05, 0) is 25.1 Å². The molecule has 0 N–H and O–H groups in total. The minimum Gasteiger partial charge on any atom is -0.370 e. The van der Waals surface area contributed by atoms with Gasteiger partial charge in [-0.2, -0.15) is 5.10 Å². The predicted octanol–water partition coefficient (Wildman–Crippen LogP) is 2.29. The van der Waals surface area contributed by atoms with Gasteiger partial charge < -0.3 is 9.64 Å². The molecule has 4 aromatic rings. The highest BCUT2D eigenvalue weighted by Crippen LogP contribution is 2.29. The van der Waals surface area contributed by atoms with Crippen molar-refractivity contribution in [3.8, 4) is 11.3 Å². The summed E-state index contributed by atoms with van der Waals surface area (Å²) in [6.07, 6.45) is 3.37. The van der Waals surface area contributed by atoms with E-state index in [0.29, 0.717) is 37.0 Å². The zero-order chi connectivity index (χ0) is 23.3. The van der Waals surface area contributed by atoms with E-state index in [2.05, 4.69) is 20.1 Å². The lowest BCUT2D eigenvalue weighted by Gasteiger charge is -2.32. The van der Waals surface area contributed by atoms with Crippen LogP contribution in [0.5, 0.6) is 0 Å². The van der Waals surface area contributed by atoms with Gasteiger partial charge in [0.05, 0.1) is 19.3 Å². The van der Waals surface area contributed by atoms with E-state index in [1.807, 2.05) is 18.1 Å². The van der Waals surface area contributed by atoms with Gasteiger partial charge >= 0.3 is 0 Å². The number of ether oxygens (including phenoxy) is 1. The monoisotopic (exact) mass is 453 g/mol. The summed E-state index contributed by atoms with van der Waals surface area (Å²) in [5.41, 5.74) is 1.48. The quantitative estimate of drug-likeness (QED) is 0.470. The Bertz CT molecular complexity index is 1430. The zero-order valence-electron chi connectivity index (χ0n) is 18.3. The number of aryl methyl sites for hydroxylation is 2. The van der Waals surface area contributed by atoms with Gasteiger partial charge in [-0.3, -0.25) is 14.0 Å². The first kappa shape index (κ1) is 21.1. The van der Waals surface area contributed by atoms with E-state index in [1.54, 1.807) is 24.9 Å². The number of morpholine rings is 1. The number of nitrogens with zero attached hydrogens (tertiary/aromatic N) is 7. The Morgan fingerprint density at radius 1 is 1.09 bits per heavy atom. The Morgan fingerprint density at radius 3 is 2.64 bits per heavy atom. The van der Waals surface area contributed by atoms with Crippen molar-refractivity contribution in [1.82, 2.24) is 29.3 Å². The van der Waals surface area contributed by atoms with Crippen LogP contribution in [-0.2, 0) is 18.8 Å². The third kappa shape index (κ3) is 3.74. The molecule has 9 nitrogen and oxygen atoms in total. The van der Waals surface area contributed by atoms with E-state index in [0.717, 1.165) is 17.7 Å². The van der Waals surface area contributed by atoms with Gasteiger partial charge in [-0.1, -0.05) is 0 Å². The van der Waals surface area contributed by atoms with Crippen LogP contribution >= 0.6 is 0 Å². The number of benzene rings is 1. The molecule has 0 amide bonds. The zero-order valence-corrected chi connectivity index (χ0v) is 18.3. The van der Waals surface area contributed by atoms with Gasteiger partial charge in [0, 0.05) is 38.0 Å². The summed E-state index contributed by atoms with van der Waals surface area (Å²) >= 11 is 0. The molecule has 0 saturated carbocycles. The first-order valence-electron chi connectivity index (χ1n) is 10.4. The molecule has 1 fully saturated rings. The van der Waals surface area contributed by atoms with Gasteiger partial charge in [0.15, 0.2) is 17.2 Å². The van der Waals surface area contributed by atoms with Crippen molar-refractivity contribution < 1.29 is 13.5 Å². The van der Waals surface area contributed by atoms with Crippen molar-refractivity contribution in [3.63, 3.8) is 0 Å². The Balaban J connectivity index is 1.66. The second-order valence-corrected chi connectivity index (χ2v) is 7.97. The second kappa shape index (κ2) is 8.00. The molecule has 11 heteroatoms. The molecule has 0 spiro atoms. The molecule has 3 aromatic heterocycles. The van der Waals surface area contributed by atoms with Gasteiger partial charge in [-0.15, -0.1) is 0 Å². The molecular formula is C22H21F2N7O2. The van der Waals surface area contributed by atoms with Crippen LogP contribution in [0.3, 0.4) is 0 Å². The molecular weight excluding hydrogens is 432 g/mol. The molecule has 1 aromatic carbocycles. The van der Waals surface area contributed by atoms with Gasteiger partial charge in [0.25, 0.3) is 5.56 Å². The van der Waals surface area contributed by atoms with E-state index in [4.69, 9.17) is 4.74 Å². The third-order valence-corrected chi connectivity index (χ3v) is 5.78. The molecule has 0 radical (unpaired) electrons. The minimum absolute atomic E-state index is 0.109. The second-order valence-electron chi connectivity index (χ2n) is 7.97. The molecule has 1 atom stereocenters. The molecule has 0 aliphatic carbocycles. The summed E-state index contributed by atoms with van der Waals surface area (Å²) in [7, 11) is 3.44. The summed E-state index contributed by atoms with van der Waals surface area (Å²) in [5.74, 6) is -1.23. The van der Waals surface area contributed by atoms with Gasteiger partial charge in [0.2, 0.25) is 5.95 Å². The Morgan fingerprint density at radius 2 is 1.91 bits per heavy atom. The number of aromatic nitrogens is 6. The fraction of sp³-hybridized carbons (Fsp3) is 0.318. The SMILES string of the molecule is Cc1nc2c(-c3ccc(F)c(F)c3)nc(N3CCOC(c4cnn(C)c4)C3)nc2c(=O)n1C. The fourth-order valence-corrected chi connectivity index (χ4v) is 3.87. The Hall–Kier alpha value is -3.73. The van der Waals surface area contributed by atoms with Gasteiger partial charge in [0.1, 0.15) is 23.1 Å². The molecule has 5 rings (SSSR count). The number of hydrogen-bond acceptors (Lipinski definition) is 7. The smallest absolute Gasteiger partial charge is 0.279 e. The van der Waals surface area contributed by atoms with Crippen LogP contribution in [0.15, 0.2) is 35.4 Å². The Labute approximate surface area is 187 Å². The maximum absolute atomic E-state index is 14.0. The molecule has 4 heterocycles. The largest absolute Gasteiger partial charge is 0.370 e. The maximum Gasteiger partial charge on any atom is 0.279 e. The van der Waals surface area contributed by atoms with Crippen molar-refractivity contribution in [3.05, 3.63) is 64.0 Å². The number of halogens is 2. The number of anilines is 1. The summed E-state index contributed by atoms with van der Waals surface area (Å²) in [6, 6.07) is 3.49. The van der Waals surface area contributed by atoms with Crippen LogP contribution in [0.2, 0.25) is 0 Å². The normalized spacial score (nSPS) is 16.5. The van der Waals surface area contributed by atoms with Crippen LogP contribution in [0.1, 0.15) is 17.5 Å². The van der Waals surface area contributed by atoms with Crippen molar-refractivity contribution >= 4 is 17.0 Å². The molecule has 1 aliphatic rings. The van der Waals surface area contributed by atoms with E-state index in [1.165, 1.54) is 10.6 Å². The van der Waals surface area contributed by atoms with Crippen LogP contribution < -0.4 is 10.5 Å². The highest BCUT2D eigenvalue weighted by atomic mass is 19.2. The lowest BCUT2D eigenvalue weighted by molar-refractivity contribution is 0.0392. The first-order valence-corrected chi connectivity index (χ1v) is 10.4. The number of hydrogen-bond donors (Lipinski definition) is 0. The highest BCUT2D eigenvalue weighted by Gasteiger charge is 2.27. The summed E-state index contributed by atoms with van der Waals surface area (Å²) in [4.78, 5) is 28.6. The summed E-state index contributed by atoms with van der Waals surface area (Å²) < 4.78 is 36.6. The molecule has 0 bridgehead atoms. The molecule has 1 unspecified atom stereocenters. The van der Waals surface area contributed by atoms with E-state index in [9.17, 15) is 13.6 Å². The van der Waals surface area contributed by atoms with E-state index >= 15 is 0 Å². The summed E-state index contributed by atoms with van der Waals surface area (Å²) in [6.45, 7) is 3.04. The molecule has 33 heavy (non-hydrogen) atoms. The van der Waals surface area contributed by atoms with Crippen molar-refractivity contribution in [1.29, 1.82) is 0 Å². The van der Waals surface area contributed by atoms with Crippen LogP contribution in [-0.4, -0.2) is 49.0 Å². The predicted molar refractivity (Wildman–Crippen MR) is 117 cm³/mol. The topological polar surface area (TPSA) is 91.0 Å². The lowest BCUT2D eigenvalue weighted by Crippen LogP contribution is -2.39. The molecule has 1 saturated heterocycles. The number of rotatable bonds is 3. The minimum atomic E-state index is -1.01. The van der Waals surface area contributed by atoms with Crippen molar-refractivity contribution in [2.45, 2.75) is 13.0 Å². The van der Waals surface area contributed by atoms with Crippen molar-refractivity contribution in [2.75, 3.05) is 24.6 Å². The lowest BCUT2D eigenvalue weighted by atomic mass is 10.1. The number of fused-ring (bicyclic) bond motifs is 1. The maximum atomic E-state index is 14.0. The summed E-state index contributed by atoms with van der Waals surface area (Å²) in [5, 5.41) is 4.20.